The van der Waals surface area contributed by atoms with Gasteiger partial charge in [-0.1, -0.05) is 54.6 Å². The summed E-state index contributed by atoms with van der Waals surface area (Å²) < 4.78 is 16.2. The Bertz CT molecular complexity index is 1000. The van der Waals surface area contributed by atoms with E-state index in [1.165, 1.54) is 4.90 Å². The summed E-state index contributed by atoms with van der Waals surface area (Å²) in [6, 6.07) is 23.6. The van der Waals surface area contributed by atoms with Crippen LogP contribution in [0.5, 0.6) is 11.5 Å². The molecule has 30 heavy (non-hydrogen) atoms. The molecule has 0 aliphatic carbocycles. The topological polar surface area (TPSA) is 68.2 Å². The van der Waals surface area contributed by atoms with Crippen LogP contribution in [0, 0.1) is 0 Å². The molecule has 1 amide bonds. The molecule has 3 aromatic rings. The summed E-state index contributed by atoms with van der Waals surface area (Å²) in [5, 5.41) is 12.0. The predicted octanol–water partition coefficient (Wildman–Crippen LogP) is 4.24. The smallest absolute Gasteiger partial charge is 0.413 e. The third-order valence-corrected chi connectivity index (χ3v) is 5.33. The van der Waals surface area contributed by atoms with Crippen LogP contribution in [0.1, 0.15) is 22.8 Å². The van der Waals surface area contributed by atoms with Crippen LogP contribution in [0.25, 0.3) is 0 Å². The molecule has 6 heteroatoms. The van der Waals surface area contributed by atoms with Gasteiger partial charge >= 0.3 is 6.09 Å². The number of rotatable bonds is 6. The molecule has 1 N–H and O–H groups in total. The minimum atomic E-state index is -1.70. The van der Waals surface area contributed by atoms with Gasteiger partial charge in [-0.15, -0.1) is 0 Å². The van der Waals surface area contributed by atoms with E-state index in [1.807, 2.05) is 30.3 Å². The molecule has 1 fully saturated rings. The number of amides is 1. The minimum absolute atomic E-state index is 0.203. The van der Waals surface area contributed by atoms with Crippen molar-refractivity contribution in [1.29, 1.82) is 0 Å². The van der Waals surface area contributed by atoms with Crippen molar-refractivity contribution in [3.63, 3.8) is 0 Å². The molecular weight excluding hydrogens is 382 g/mol. The third kappa shape index (κ3) is 3.46. The van der Waals surface area contributed by atoms with E-state index in [4.69, 9.17) is 14.2 Å². The number of carbonyl (C=O) groups is 1. The Kier molecular flexibility index (Phi) is 5.33. The number of aliphatic hydroxyl groups is 1. The Hall–Kier alpha value is -3.51. The van der Waals surface area contributed by atoms with E-state index >= 15 is 0 Å². The second-order valence-corrected chi connectivity index (χ2v) is 7.06. The molecule has 0 spiro atoms. The molecule has 1 aliphatic heterocycles. The van der Waals surface area contributed by atoms with Crippen LogP contribution >= 0.6 is 0 Å². The van der Waals surface area contributed by atoms with Crippen LogP contribution in [-0.2, 0) is 17.0 Å². The lowest BCUT2D eigenvalue weighted by Gasteiger charge is -2.35. The molecular formula is C24H23NO5. The lowest BCUT2D eigenvalue weighted by Crippen LogP contribution is -2.45. The maximum atomic E-state index is 12.9. The van der Waals surface area contributed by atoms with Crippen LogP contribution in [-0.4, -0.2) is 30.3 Å². The van der Waals surface area contributed by atoms with E-state index in [1.54, 1.807) is 62.8 Å². The molecule has 1 saturated heterocycles. The van der Waals surface area contributed by atoms with Crippen LogP contribution < -0.4 is 9.47 Å². The van der Waals surface area contributed by atoms with Gasteiger partial charge in [0.15, 0.2) is 6.10 Å². The Labute approximate surface area is 175 Å². The largest absolute Gasteiger partial charge is 0.497 e. The number of carbonyl (C=O) groups excluding carboxylic acids is 1. The van der Waals surface area contributed by atoms with Crippen molar-refractivity contribution in [2.45, 2.75) is 18.4 Å². The standard InChI is InChI=1S/C24H23NO5/c1-28-20-12-8-18(9-13-20)22-24(27,19-10-14-21(29-2)15-11-19)25(23(26)30-22)16-17-6-4-3-5-7-17/h3-15,22,27H,16H2,1-2H3/t22-,24+/m1/s1. The normalized spacial score (nSPS) is 20.7. The second kappa shape index (κ2) is 8.08. The SMILES string of the molecule is COc1ccc([C@H]2OC(=O)N(Cc3ccccc3)[C@]2(O)c2ccc(OC)cc2)cc1. The number of methoxy groups -OCH3 is 2. The number of nitrogens with zero attached hydrogens (tertiary/aromatic N) is 1. The highest BCUT2D eigenvalue weighted by atomic mass is 16.6. The quantitative estimate of drug-likeness (QED) is 0.664. The van der Waals surface area contributed by atoms with E-state index < -0.39 is 17.9 Å². The number of ether oxygens (including phenoxy) is 3. The number of hydrogen-bond donors (Lipinski definition) is 1. The van der Waals surface area contributed by atoms with Gasteiger partial charge in [-0.3, -0.25) is 4.90 Å². The van der Waals surface area contributed by atoms with Crippen LogP contribution in [0.4, 0.5) is 4.79 Å². The van der Waals surface area contributed by atoms with Gasteiger partial charge in [-0.05, 0) is 35.4 Å². The first-order valence-corrected chi connectivity index (χ1v) is 9.59. The average molecular weight is 405 g/mol. The van der Waals surface area contributed by atoms with E-state index in [-0.39, 0.29) is 6.54 Å². The van der Waals surface area contributed by atoms with Crippen molar-refractivity contribution in [3.8, 4) is 11.5 Å². The monoisotopic (exact) mass is 405 g/mol. The lowest BCUT2D eigenvalue weighted by atomic mass is 9.91. The van der Waals surface area contributed by atoms with Gasteiger partial charge in [-0.25, -0.2) is 4.79 Å². The van der Waals surface area contributed by atoms with Gasteiger partial charge in [0.1, 0.15) is 11.5 Å². The molecule has 1 heterocycles. The third-order valence-electron chi connectivity index (χ3n) is 5.33. The Morgan fingerprint density at radius 3 is 2.03 bits per heavy atom. The molecule has 2 atom stereocenters. The van der Waals surface area contributed by atoms with Crippen molar-refractivity contribution in [1.82, 2.24) is 4.90 Å². The zero-order valence-corrected chi connectivity index (χ0v) is 16.8. The Morgan fingerprint density at radius 2 is 1.47 bits per heavy atom. The minimum Gasteiger partial charge on any atom is -0.497 e. The van der Waals surface area contributed by atoms with Gasteiger partial charge in [0.05, 0.1) is 20.8 Å². The molecule has 0 bridgehead atoms. The predicted molar refractivity (Wildman–Crippen MR) is 111 cm³/mol. The van der Waals surface area contributed by atoms with Crippen LogP contribution in [0.3, 0.4) is 0 Å². The molecule has 0 saturated carbocycles. The van der Waals surface area contributed by atoms with Crippen molar-refractivity contribution in [2.24, 2.45) is 0 Å². The van der Waals surface area contributed by atoms with Gasteiger partial charge in [-0.2, -0.15) is 0 Å². The van der Waals surface area contributed by atoms with Gasteiger partial charge in [0, 0.05) is 5.56 Å². The van der Waals surface area contributed by atoms with Crippen molar-refractivity contribution < 1.29 is 24.1 Å². The summed E-state index contributed by atoms with van der Waals surface area (Å²) in [4.78, 5) is 14.3. The maximum absolute atomic E-state index is 12.9. The summed E-state index contributed by atoms with van der Waals surface area (Å²) >= 11 is 0. The van der Waals surface area contributed by atoms with Gasteiger partial charge in [0.2, 0.25) is 5.72 Å². The first-order chi connectivity index (χ1) is 14.6. The average Bonchev–Trinajstić information content (AvgIpc) is 3.06. The van der Waals surface area contributed by atoms with E-state index in [0.717, 1.165) is 5.56 Å². The highest BCUT2D eigenvalue weighted by molar-refractivity contribution is 5.72. The zero-order valence-electron chi connectivity index (χ0n) is 16.8. The van der Waals surface area contributed by atoms with Crippen molar-refractivity contribution in [2.75, 3.05) is 14.2 Å². The zero-order chi connectivity index (χ0) is 21.1. The summed E-state index contributed by atoms with van der Waals surface area (Å²) in [5.41, 5.74) is 0.383. The first-order valence-electron chi connectivity index (χ1n) is 9.59. The molecule has 6 nitrogen and oxygen atoms in total. The van der Waals surface area contributed by atoms with Gasteiger partial charge in [0.25, 0.3) is 0 Å². The molecule has 0 radical (unpaired) electrons. The fourth-order valence-corrected chi connectivity index (χ4v) is 3.70. The van der Waals surface area contributed by atoms with Crippen LogP contribution in [0.15, 0.2) is 78.9 Å². The number of hydrogen-bond acceptors (Lipinski definition) is 5. The number of benzene rings is 3. The number of cyclic esters (lactones) is 1. The molecule has 0 unspecified atom stereocenters. The van der Waals surface area contributed by atoms with E-state index in [2.05, 4.69) is 0 Å². The Balaban J connectivity index is 1.79. The highest BCUT2D eigenvalue weighted by Crippen LogP contribution is 2.47. The summed E-state index contributed by atoms with van der Waals surface area (Å²) in [5.74, 6) is 1.33. The highest BCUT2D eigenvalue weighted by Gasteiger charge is 2.56. The second-order valence-electron chi connectivity index (χ2n) is 7.06. The molecule has 0 aromatic heterocycles. The summed E-state index contributed by atoms with van der Waals surface area (Å²) in [6.07, 6.45) is -1.49. The first kappa shape index (κ1) is 19.8. The molecule has 154 valence electrons. The van der Waals surface area contributed by atoms with E-state index in [9.17, 15) is 9.90 Å². The van der Waals surface area contributed by atoms with Gasteiger partial charge < -0.3 is 19.3 Å². The van der Waals surface area contributed by atoms with Crippen molar-refractivity contribution in [3.05, 3.63) is 95.6 Å². The lowest BCUT2D eigenvalue weighted by molar-refractivity contribution is -0.113. The Morgan fingerprint density at radius 1 is 0.900 bits per heavy atom. The molecule has 4 rings (SSSR count). The van der Waals surface area contributed by atoms with Crippen LogP contribution in [0.2, 0.25) is 0 Å². The van der Waals surface area contributed by atoms with Crippen molar-refractivity contribution >= 4 is 6.09 Å². The fourth-order valence-electron chi connectivity index (χ4n) is 3.70. The summed E-state index contributed by atoms with van der Waals surface area (Å²) in [7, 11) is 3.16. The summed E-state index contributed by atoms with van der Waals surface area (Å²) in [6.45, 7) is 0.203. The molecule has 1 aliphatic rings. The fraction of sp³-hybridized carbons (Fsp3) is 0.208. The molecule has 3 aromatic carbocycles. The maximum Gasteiger partial charge on any atom is 0.413 e. The van der Waals surface area contributed by atoms with E-state index in [0.29, 0.717) is 22.6 Å².